The zero-order valence-corrected chi connectivity index (χ0v) is 11.0. The van der Waals surface area contributed by atoms with Crippen molar-refractivity contribution in [2.75, 3.05) is 0 Å². The number of nitrogens with two attached hydrogens (primary N) is 1. The SMILES string of the molecule is CCCC(C)CC(Cc1c(F)cccc1F)NN. The van der Waals surface area contributed by atoms with E-state index in [0.717, 1.165) is 19.3 Å². The normalized spacial score (nSPS) is 14.5. The Morgan fingerprint density at radius 3 is 2.39 bits per heavy atom. The van der Waals surface area contributed by atoms with E-state index in [9.17, 15) is 8.78 Å². The summed E-state index contributed by atoms with van der Waals surface area (Å²) in [5.41, 5.74) is 2.78. The molecule has 0 saturated carbocycles. The van der Waals surface area contributed by atoms with Gasteiger partial charge in [-0.05, 0) is 30.9 Å². The summed E-state index contributed by atoms with van der Waals surface area (Å²) in [5, 5.41) is 0. The zero-order chi connectivity index (χ0) is 13.5. The maximum absolute atomic E-state index is 13.5. The molecule has 1 aromatic carbocycles. The number of hydrazine groups is 1. The van der Waals surface area contributed by atoms with E-state index in [-0.39, 0.29) is 18.0 Å². The molecule has 0 aliphatic heterocycles. The molecule has 2 unspecified atom stereocenters. The lowest BCUT2D eigenvalue weighted by Crippen LogP contribution is -2.38. The fraction of sp³-hybridized carbons (Fsp3) is 0.571. The van der Waals surface area contributed by atoms with Gasteiger partial charge in [0.25, 0.3) is 0 Å². The molecule has 1 rings (SSSR count). The first-order chi connectivity index (χ1) is 8.58. The van der Waals surface area contributed by atoms with Crippen LogP contribution in [0.25, 0.3) is 0 Å². The minimum atomic E-state index is -0.501. The van der Waals surface area contributed by atoms with Crippen LogP contribution in [-0.4, -0.2) is 6.04 Å². The molecule has 2 atom stereocenters. The van der Waals surface area contributed by atoms with Crippen LogP contribution in [0.1, 0.15) is 38.7 Å². The van der Waals surface area contributed by atoms with E-state index in [4.69, 9.17) is 5.84 Å². The van der Waals surface area contributed by atoms with Crippen molar-refractivity contribution < 1.29 is 8.78 Å². The Hall–Kier alpha value is -1.00. The number of halogens is 2. The molecular formula is C14H22F2N2. The zero-order valence-electron chi connectivity index (χ0n) is 11.0. The summed E-state index contributed by atoms with van der Waals surface area (Å²) in [4.78, 5) is 0. The van der Waals surface area contributed by atoms with Crippen LogP contribution < -0.4 is 11.3 Å². The molecule has 0 saturated heterocycles. The lowest BCUT2D eigenvalue weighted by molar-refractivity contribution is 0.377. The molecule has 0 aliphatic carbocycles. The van der Waals surface area contributed by atoms with Gasteiger partial charge in [-0.2, -0.15) is 0 Å². The smallest absolute Gasteiger partial charge is 0.129 e. The first-order valence-corrected chi connectivity index (χ1v) is 6.47. The van der Waals surface area contributed by atoms with Gasteiger partial charge in [-0.3, -0.25) is 11.3 Å². The molecule has 0 amide bonds. The second-order valence-electron chi connectivity index (χ2n) is 4.90. The minimum Gasteiger partial charge on any atom is -0.271 e. The van der Waals surface area contributed by atoms with Crippen molar-refractivity contribution in [2.45, 2.75) is 45.6 Å². The number of rotatable bonds is 7. The van der Waals surface area contributed by atoms with Gasteiger partial charge in [0.15, 0.2) is 0 Å². The van der Waals surface area contributed by atoms with Crippen LogP contribution in [0.15, 0.2) is 18.2 Å². The predicted molar refractivity (Wildman–Crippen MR) is 69.9 cm³/mol. The van der Waals surface area contributed by atoms with Crippen LogP contribution in [0.4, 0.5) is 8.78 Å². The Morgan fingerprint density at radius 2 is 1.89 bits per heavy atom. The number of benzene rings is 1. The average Bonchev–Trinajstić information content (AvgIpc) is 2.33. The third-order valence-electron chi connectivity index (χ3n) is 3.22. The largest absolute Gasteiger partial charge is 0.271 e. The summed E-state index contributed by atoms with van der Waals surface area (Å²) in [6.07, 6.45) is 3.30. The monoisotopic (exact) mass is 256 g/mol. The topological polar surface area (TPSA) is 38.0 Å². The van der Waals surface area contributed by atoms with Gasteiger partial charge in [0.2, 0.25) is 0 Å². The summed E-state index contributed by atoms with van der Waals surface area (Å²) in [7, 11) is 0. The van der Waals surface area contributed by atoms with E-state index in [0.29, 0.717) is 5.92 Å². The third kappa shape index (κ3) is 4.35. The second-order valence-corrected chi connectivity index (χ2v) is 4.90. The highest BCUT2D eigenvalue weighted by molar-refractivity contribution is 5.20. The quantitative estimate of drug-likeness (QED) is 0.581. The lowest BCUT2D eigenvalue weighted by atomic mass is 9.93. The molecule has 0 radical (unpaired) electrons. The van der Waals surface area contributed by atoms with E-state index >= 15 is 0 Å². The van der Waals surface area contributed by atoms with Gasteiger partial charge < -0.3 is 0 Å². The lowest BCUT2D eigenvalue weighted by Gasteiger charge is -2.20. The molecule has 0 bridgehead atoms. The maximum Gasteiger partial charge on any atom is 0.129 e. The van der Waals surface area contributed by atoms with Crippen molar-refractivity contribution in [3.8, 4) is 0 Å². The van der Waals surface area contributed by atoms with Gasteiger partial charge in [0.1, 0.15) is 11.6 Å². The van der Waals surface area contributed by atoms with Gasteiger partial charge in [-0.25, -0.2) is 8.78 Å². The van der Waals surface area contributed by atoms with Crippen molar-refractivity contribution in [1.29, 1.82) is 0 Å². The number of nitrogens with one attached hydrogen (secondary N) is 1. The van der Waals surface area contributed by atoms with Crippen LogP contribution in [0.5, 0.6) is 0 Å². The Balaban J connectivity index is 2.68. The molecule has 18 heavy (non-hydrogen) atoms. The molecule has 0 spiro atoms. The van der Waals surface area contributed by atoms with E-state index in [2.05, 4.69) is 19.3 Å². The van der Waals surface area contributed by atoms with Gasteiger partial charge in [-0.1, -0.05) is 32.8 Å². The van der Waals surface area contributed by atoms with E-state index in [1.165, 1.54) is 18.2 Å². The molecule has 0 heterocycles. The molecule has 3 N–H and O–H groups in total. The maximum atomic E-state index is 13.5. The van der Waals surface area contributed by atoms with Crippen molar-refractivity contribution in [1.82, 2.24) is 5.43 Å². The standard InChI is InChI=1S/C14H22F2N2/c1-3-5-10(2)8-11(18-17)9-12-13(15)6-4-7-14(12)16/h4,6-7,10-11,18H,3,5,8-9,17H2,1-2H3. The van der Waals surface area contributed by atoms with Crippen molar-refractivity contribution in [3.05, 3.63) is 35.4 Å². The van der Waals surface area contributed by atoms with Crippen LogP contribution >= 0.6 is 0 Å². The predicted octanol–water partition coefficient (Wildman–Crippen LogP) is 3.17. The van der Waals surface area contributed by atoms with Gasteiger partial charge >= 0.3 is 0 Å². The van der Waals surface area contributed by atoms with Crippen molar-refractivity contribution in [2.24, 2.45) is 11.8 Å². The molecule has 1 aromatic rings. The first kappa shape index (κ1) is 15.1. The van der Waals surface area contributed by atoms with Crippen LogP contribution in [0, 0.1) is 17.6 Å². The van der Waals surface area contributed by atoms with E-state index in [1.807, 2.05) is 0 Å². The summed E-state index contributed by atoms with van der Waals surface area (Å²) in [5.74, 6) is 4.96. The van der Waals surface area contributed by atoms with E-state index < -0.39 is 11.6 Å². The van der Waals surface area contributed by atoms with Crippen molar-refractivity contribution in [3.63, 3.8) is 0 Å². The molecule has 0 fully saturated rings. The Morgan fingerprint density at radius 1 is 1.28 bits per heavy atom. The Kier molecular flexibility index (Phi) is 6.22. The molecular weight excluding hydrogens is 234 g/mol. The summed E-state index contributed by atoms with van der Waals surface area (Å²) < 4.78 is 27.0. The molecule has 2 nitrogen and oxygen atoms in total. The first-order valence-electron chi connectivity index (χ1n) is 6.47. The number of hydrogen-bond acceptors (Lipinski definition) is 2. The fourth-order valence-electron chi connectivity index (χ4n) is 2.28. The Labute approximate surface area is 108 Å². The molecule has 0 aromatic heterocycles. The van der Waals surface area contributed by atoms with Crippen LogP contribution in [0.2, 0.25) is 0 Å². The third-order valence-corrected chi connectivity index (χ3v) is 3.22. The second kappa shape index (κ2) is 7.44. The van der Waals surface area contributed by atoms with Gasteiger partial charge in [0.05, 0.1) is 0 Å². The molecule has 102 valence electrons. The van der Waals surface area contributed by atoms with Gasteiger partial charge in [-0.15, -0.1) is 0 Å². The van der Waals surface area contributed by atoms with Gasteiger partial charge in [0, 0.05) is 11.6 Å². The highest BCUT2D eigenvalue weighted by atomic mass is 19.1. The summed E-state index contributed by atoms with van der Waals surface area (Å²) >= 11 is 0. The highest BCUT2D eigenvalue weighted by Crippen LogP contribution is 2.19. The summed E-state index contributed by atoms with van der Waals surface area (Å²) in [6.45, 7) is 4.25. The van der Waals surface area contributed by atoms with Crippen LogP contribution in [-0.2, 0) is 6.42 Å². The van der Waals surface area contributed by atoms with Crippen LogP contribution in [0.3, 0.4) is 0 Å². The van der Waals surface area contributed by atoms with E-state index in [1.54, 1.807) is 0 Å². The fourth-order valence-corrected chi connectivity index (χ4v) is 2.28. The minimum absolute atomic E-state index is 0.0991. The Bertz CT molecular complexity index is 349. The summed E-state index contributed by atoms with van der Waals surface area (Å²) in [6, 6.07) is 3.83. The highest BCUT2D eigenvalue weighted by Gasteiger charge is 2.16. The average molecular weight is 256 g/mol. The molecule has 0 aliphatic rings. The number of hydrogen-bond donors (Lipinski definition) is 2. The molecule has 4 heteroatoms. The van der Waals surface area contributed by atoms with Crippen molar-refractivity contribution >= 4 is 0 Å².